The second-order valence-corrected chi connectivity index (χ2v) is 3.96. The Morgan fingerprint density at radius 3 is 2.46 bits per heavy atom. The standard InChI is InChI=1S/C11H11NS/c12-11-7-10(8-13-11)6-9-4-2-1-3-5-9/h1-5,7-8H,6,12H2. The summed E-state index contributed by atoms with van der Waals surface area (Å²) in [5.41, 5.74) is 8.28. The highest BCUT2D eigenvalue weighted by molar-refractivity contribution is 7.14. The van der Waals surface area contributed by atoms with Crippen molar-refractivity contribution in [1.29, 1.82) is 0 Å². The lowest BCUT2D eigenvalue weighted by Crippen LogP contribution is -1.84. The van der Waals surface area contributed by atoms with Gasteiger partial charge in [-0.1, -0.05) is 30.3 Å². The number of nitrogens with two attached hydrogens (primary N) is 1. The van der Waals surface area contributed by atoms with Gasteiger partial charge in [0.1, 0.15) is 0 Å². The molecule has 13 heavy (non-hydrogen) atoms. The SMILES string of the molecule is Nc1cc(Cc2ccccc2)cs1. The molecule has 2 N–H and O–H groups in total. The Hall–Kier alpha value is -1.28. The molecule has 0 saturated heterocycles. The van der Waals surface area contributed by atoms with Crippen molar-refractivity contribution in [2.24, 2.45) is 0 Å². The first kappa shape index (κ1) is 8.32. The lowest BCUT2D eigenvalue weighted by atomic mass is 10.1. The molecule has 0 aliphatic heterocycles. The summed E-state index contributed by atoms with van der Waals surface area (Å²) in [7, 11) is 0. The summed E-state index contributed by atoms with van der Waals surface area (Å²) in [6.45, 7) is 0. The molecule has 66 valence electrons. The van der Waals surface area contributed by atoms with Crippen molar-refractivity contribution in [3.63, 3.8) is 0 Å². The fourth-order valence-electron chi connectivity index (χ4n) is 1.32. The lowest BCUT2D eigenvalue weighted by Gasteiger charge is -1.96. The Morgan fingerprint density at radius 2 is 1.85 bits per heavy atom. The summed E-state index contributed by atoms with van der Waals surface area (Å²) < 4.78 is 0. The Labute approximate surface area is 81.8 Å². The normalized spacial score (nSPS) is 10.2. The van der Waals surface area contributed by atoms with Crippen LogP contribution in [-0.2, 0) is 6.42 Å². The van der Waals surface area contributed by atoms with Crippen molar-refractivity contribution < 1.29 is 0 Å². The van der Waals surface area contributed by atoms with Crippen LogP contribution >= 0.6 is 11.3 Å². The molecule has 1 aromatic carbocycles. The summed E-state index contributed by atoms with van der Waals surface area (Å²) in [5, 5.41) is 3.01. The largest absolute Gasteiger partial charge is 0.391 e. The molecule has 0 amide bonds. The van der Waals surface area contributed by atoms with Gasteiger partial charge in [-0.2, -0.15) is 0 Å². The van der Waals surface area contributed by atoms with Gasteiger partial charge in [-0.05, 0) is 29.0 Å². The zero-order valence-electron chi connectivity index (χ0n) is 7.23. The molecule has 1 nitrogen and oxygen atoms in total. The number of nitrogen functional groups attached to an aromatic ring is 1. The van der Waals surface area contributed by atoms with Crippen molar-refractivity contribution in [3.8, 4) is 0 Å². The first-order valence-corrected chi connectivity index (χ1v) is 5.09. The highest BCUT2D eigenvalue weighted by Crippen LogP contribution is 2.19. The van der Waals surface area contributed by atoms with Gasteiger partial charge in [0.2, 0.25) is 0 Å². The van der Waals surface area contributed by atoms with Crippen LogP contribution in [0.2, 0.25) is 0 Å². The van der Waals surface area contributed by atoms with E-state index in [-0.39, 0.29) is 0 Å². The van der Waals surface area contributed by atoms with E-state index in [1.165, 1.54) is 11.1 Å². The topological polar surface area (TPSA) is 26.0 Å². The predicted octanol–water partition coefficient (Wildman–Crippen LogP) is 2.92. The Bertz CT molecular complexity index is 378. The molecular formula is C11H11NS. The van der Waals surface area contributed by atoms with Crippen molar-refractivity contribution >= 4 is 16.3 Å². The van der Waals surface area contributed by atoms with E-state index in [1.807, 2.05) is 12.1 Å². The number of benzene rings is 1. The second kappa shape index (κ2) is 3.62. The van der Waals surface area contributed by atoms with Crippen LogP contribution in [-0.4, -0.2) is 0 Å². The van der Waals surface area contributed by atoms with E-state index in [9.17, 15) is 0 Å². The summed E-state index contributed by atoms with van der Waals surface area (Å²) in [5.74, 6) is 0. The number of hydrogen-bond donors (Lipinski definition) is 1. The molecule has 0 atom stereocenters. The van der Waals surface area contributed by atoms with Crippen molar-refractivity contribution in [1.82, 2.24) is 0 Å². The monoisotopic (exact) mass is 189 g/mol. The smallest absolute Gasteiger partial charge is 0.0859 e. The van der Waals surface area contributed by atoms with Crippen LogP contribution < -0.4 is 5.73 Å². The minimum absolute atomic E-state index is 0.894. The maximum atomic E-state index is 5.65. The van der Waals surface area contributed by atoms with Crippen molar-refractivity contribution in [3.05, 3.63) is 52.9 Å². The quantitative estimate of drug-likeness (QED) is 0.772. The predicted molar refractivity (Wildman–Crippen MR) is 58.0 cm³/mol. The summed E-state index contributed by atoms with van der Waals surface area (Å²) in [6.07, 6.45) is 0.981. The minimum atomic E-state index is 0.894. The molecule has 0 bridgehead atoms. The molecule has 0 aliphatic rings. The van der Waals surface area contributed by atoms with Gasteiger partial charge < -0.3 is 5.73 Å². The Kier molecular flexibility index (Phi) is 2.32. The zero-order valence-corrected chi connectivity index (χ0v) is 8.05. The second-order valence-electron chi connectivity index (χ2n) is 3.02. The summed E-state index contributed by atoms with van der Waals surface area (Å²) >= 11 is 1.60. The Balaban J connectivity index is 2.15. The number of hydrogen-bond acceptors (Lipinski definition) is 2. The first-order valence-electron chi connectivity index (χ1n) is 4.21. The van der Waals surface area contributed by atoms with Crippen molar-refractivity contribution in [2.75, 3.05) is 5.73 Å². The minimum Gasteiger partial charge on any atom is -0.391 e. The summed E-state index contributed by atoms with van der Waals surface area (Å²) in [4.78, 5) is 0. The zero-order chi connectivity index (χ0) is 9.10. The average Bonchev–Trinajstić information content (AvgIpc) is 2.53. The molecule has 0 unspecified atom stereocenters. The maximum absolute atomic E-state index is 5.65. The van der Waals surface area contributed by atoms with E-state index < -0.39 is 0 Å². The molecule has 1 aromatic heterocycles. The third-order valence-electron chi connectivity index (χ3n) is 1.93. The summed E-state index contributed by atoms with van der Waals surface area (Å²) in [6, 6.07) is 12.5. The molecule has 2 aromatic rings. The first-order chi connectivity index (χ1) is 6.34. The van der Waals surface area contributed by atoms with Crippen molar-refractivity contribution in [2.45, 2.75) is 6.42 Å². The van der Waals surface area contributed by atoms with Crippen LogP contribution in [0.4, 0.5) is 5.00 Å². The van der Waals surface area contributed by atoms with E-state index in [4.69, 9.17) is 5.73 Å². The Morgan fingerprint density at radius 1 is 1.08 bits per heavy atom. The highest BCUT2D eigenvalue weighted by atomic mass is 32.1. The van der Waals surface area contributed by atoms with E-state index in [2.05, 4.69) is 29.6 Å². The lowest BCUT2D eigenvalue weighted by molar-refractivity contribution is 1.21. The molecule has 0 fully saturated rings. The number of anilines is 1. The fourth-order valence-corrected chi connectivity index (χ4v) is 1.98. The van der Waals surface area contributed by atoms with Gasteiger partial charge in [-0.15, -0.1) is 11.3 Å². The van der Waals surface area contributed by atoms with Gasteiger partial charge in [-0.25, -0.2) is 0 Å². The highest BCUT2D eigenvalue weighted by Gasteiger charge is 1.97. The van der Waals surface area contributed by atoms with Gasteiger partial charge in [0, 0.05) is 0 Å². The third kappa shape index (κ3) is 2.10. The van der Waals surface area contributed by atoms with Crippen LogP contribution in [0.15, 0.2) is 41.8 Å². The number of thiophene rings is 1. The van der Waals surface area contributed by atoms with Gasteiger partial charge in [-0.3, -0.25) is 0 Å². The molecule has 0 radical (unpaired) electrons. The van der Waals surface area contributed by atoms with Crippen LogP contribution in [0.5, 0.6) is 0 Å². The van der Waals surface area contributed by atoms with Gasteiger partial charge >= 0.3 is 0 Å². The van der Waals surface area contributed by atoms with E-state index in [0.29, 0.717) is 0 Å². The molecule has 0 aliphatic carbocycles. The van der Waals surface area contributed by atoms with Gasteiger partial charge in [0.15, 0.2) is 0 Å². The fraction of sp³-hybridized carbons (Fsp3) is 0.0909. The van der Waals surface area contributed by atoms with E-state index >= 15 is 0 Å². The molecular weight excluding hydrogens is 178 g/mol. The van der Waals surface area contributed by atoms with Crippen LogP contribution in [0.3, 0.4) is 0 Å². The molecule has 0 saturated carbocycles. The van der Waals surface area contributed by atoms with E-state index in [1.54, 1.807) is 11.3 Å². The molecule has 1 heterocycles. The average molecular weight is 189 g/mol. The number of rotatable bonds is 2. The van der Waals surface area contributed by atoms with Crippen LogP contribution in [0, 0.1) is 0 Å². The molecule has 0 spiro atoms. The maximum Gasteiger partial charge on any atom is 0.0859 e. The van der Waals surface area contributed by atoms with E-state index in [0.717, 1.165) is 11.4 Å². The third-order valence-corrected chi connectivity index (χ3v) is 2.74. The molecule has 2 rings (SSSR count). The van der Waals surface area contributed by atoms with Gasteiger partial charge in [0.25, 0.3) is 0 Å². The van der Waals surface area contributed by atoms with Crippen LogP contribution in [0.1, 0.15) is 11.1 Å². The molecule has 2 heteroatoms. The van der Waals surface area contributed by atoms with Gasteiger partial charge in [0.05, 0.1) is 5.00 Å². The van der Waals surface area contributed by atoms with Crippen LogP contribution in [0.25, 0.3) is 0 Å².